The SMILES string of the molecule is COC(=O)c1ccccc1NC(=O)CN1CCN(c2ccccc2C)CC1. The number of rotatable bonds is 5. The van der Waals surface area contributed by atoms with Gasteiger partial charge in [-0.2, -0.15) is 0 Å². The predicted molar refractivity (Wildman–Crippen MR) is 106 cm³/mol. The second-order valence-corrected chi connectivity index (χ2v) is 6.64. The molecule has 0 aliphatic carbocycles. The van der Waals surface area contributed by atoms with Crippen molar-refractivity contribution in [3.05, 3.63) is 59.7 Å². The number of amides is 1. The van der Waals surface area contributed by atoms with Crippen molar-refractivity contribution in [1.82, 2.24) is 4.90 Å². The summed E-state index contributed by atoms with van der Waals surface area (Å²) in [6.45, 7) is 5.83. The first-order valence-electron chi connectivity index (χ1n) is 9.08. The largest absolute Gasteiger partial charge is 0.465 e. The van der Waals surface area contributed by atoms with Crippen LogP contribution in [0.1, 0.15) is 15.9 Å². The molecule has 2 aromatic carbocycles. The second-order valence-electron chi connectivity index (χ2n) is 6.64. The molecule has 1 aliphatic rings. The Morgan fingerprint density at radius 3 is 2.37 bits per heavy atom. The molecule has 6 nitrogen and oxygen atoms in total. The minimum absolute atomic E-state index is 0.129. The Labute approximate surface area is 159 Å². The van der Waals surface area contributed by atoms with Crippen LogP contribution in [0, 0.1) is 6.92 Å². The number of para-hydroxylation sites is 2. The highest BCUT2D eigenvalue weighted by Gasteiger charge is 2.21. The maximum atomic E-state index is 12.4. The fourth-order valence-corrected chi connectivity index (χ4v) is 3.34. The van der Waals surface area contributed by atoms with Crippen LogP contribution in [0.2, 0.25) is 0 Å². The van der Waals surface area contributed by atoms with Crippen LogP contribution < -0.4 is 10.2 Å². The molecular weight excluding hydrogens is 342 g/mol. The van der Waals surface area contributed by atoms with Crippen LogP contribution in [-0.4, -0.2) is 56.6 Å². The van der Waals surface area contributed by atoms with Gasteiger partial charge in [-0.15, -0.1) is 0 Å². The third kappa shape index (κ3) is 4.65. The van der Waals surface area contributed by atoms with E-state index in [1.165, 1.54) is 18.4 Å². The number of esters is 1. The number of methoxy groups -OCH3 is 1. The van der Waals surface area contributed by atoms with Crippen LogP contribution in [0.5, 0.6) is 0 Å². The quantitative estimate of drug-likeness (QED) is 0.823. The number of hydrogen-bond acceptors (Lipinski definition) is 5. The van der Waals surface area contributed by atoms with Crippen molar-refractivity contribution in [2.45, 2.75) is 6.92 Å². The fourth-order valence-electron chi connectivity index (χ4n) is 3.34. The summed E-state index contributed by atoms with van der Waals surface area (Å²) in [4.78, 5) is 28.7. The summed E-state index contributed by atoms with van der Waals surface area (Å²) in [5.74, 6) is -0.589. The maximum absolute atomic E-state index is 12.4. The van der Waals surface area contributed by atoms with Crippen LogP contribution in [0.15, 0.2) is 48.5 Å². The first-order chi connectivity index (χ1) is 13.1. The van der Waals surface area contributed by atoms with Gasteiger partial charge < -0.3 is 15.0 Å². The summed E-state index contributed by atoms with van der Waals surface area (Å²) in [6, 6.07) is 15.2. The Bertz CT molecular complexity index is 814. The number of ether oxygens (including phenoxy) is 1. The van der Waals surface area contributed by atoms with E-state index in [0.717, 1.165) is 26.2 Å². The smallest absolute Gasteiger partial charge is 0.339 e. The van der Waals surface area contributed by atoms with Crippen LogP contribution in [0.3, 0.4) is 0 Å². The van der Waals surface area contributed by atoms with E-state index in [1.54, 1.807) is 24.3 Å². The number of carbonyl (C=O) groups excluding carboxylic acids is 2. The van der Waals surface area contributed by atoms with Gasteiger partial charge in [-0.1, -0.05) is 30.3 Å². The Kier molecular flexibility index (Phi) is 6.08. The molecular formula is C21H25N3O3. The molecule has 1 aliphatic heterocycles. The van der Waals surface area contributed by atoms with Crippen molar-refractivity contribution in [1.29, 1.82) is 0 Å². The lowest BCUT2D eigenvalue weighted by atomic mass is 10.1. The lowest BCUT2D eigenvalue weighted by Gasteiger charge is -2.36. The number of aryl methyl sites for hydroxylation is 1. The van der Waals surface area contributed by atoms with Gasteiger partial charge in [-0.05, 0) is 30.7 Å². The summed E-state index contributed by atoms with van der Waals surface area (Å²) in [5.41, 5.74) is 3.36. The lowest BCUT2D eigenvalue weighted by Crippen LogP contribution is -2.48. The number of benzene rings is 2. The molecule has 1 saturated heterocycles. The number of carbonyl (C=O) groups is 2. The van der Waals surface area contributed by atoms with E-state index in [-0.39, 0.29) is 5.91 Å². The van der Waals surface area contributed by atoms with Crippen LogP contribution in [-0.2, 0) is 9.53 Å². The van der Waals surface area contributed by atoms with E-state index < -0.39 is 5.97 Å². The van der Waals surface area contributed by atoms with Gasteiger partial charge in [-0.3, -0.25) is 9.69 Å². The van der Waals surface area contributed by atoms with Gasteiger partial charge >= 0.3 is 5.97 Å². The third-order valence-corrected chi connectivity index (χ3v) is 4.80. The highest BCUT2D eigenvalue weighted by molar-refractivity contribution is 6.01. The highest BCUT2D eigenvalue weighted by Crippen LogP contribution is 2.21. The van der Waals surface area contributed by atoms with Crippen molar-refractivity contribution < 1.29 is 14.3 Å². The fraction of sp³-hybridized carbons (Fsp3) is 0.333. The van der Waals surface area contributed by atoms with Gasteiger partial charge in [0.15, 0.2) is 0 Å². The molecule has 27 heavy (non-hydrogen) atoms. The number of nitrogens with one attached hydrogen (secondary N) is 1. The molecule has 0 unspecified atom stereocenters. The Morgan fingerprint density at radius 2 is 1.67 bits per heavy atom. The zero-order chi connectivity index (χ0) is 19.2. The van der Waals surface area contributed by atoms with E-state index >= 15 is 0 Å². The molecule has 0 radical (unpaired) electrons. The van der Waals surface area contributed by atoms with Gasteiger partial charge in [0, 0.05) is 31.9 Å². The number of piperazine rings is 1. The molecule has 0 aromatic heterocycles. The number of nitrogens with zero attached hydrogens (tertiary/aromatic N) is 2. The molecule has 0 bridgehead atoms. The molecule has 1 N–H and O–H groups in total. The first-order valence-corrected chi connectivity index (χ1v) is 9.08. The summed E-state index contributed by atoms with van der Waals surface area (Å²) in [5, 5.41) is 2.83. The Hall–Kier alpha value is -2.86. The zero-order valence-corrected chi connectivity index (χ0v) is 15.8. The maximum Gasteiger partial charge on any atom is 0.339 e. The monoisotopic (exact) mass is 367 g/mol. The summed E-state index contributed by atoms with van der Waals surface area (Å²) in [7, 11) is 1.33. The van der Waals surface area contributed by atoms with E-state index in [2.05, 4.69) is 40.2 Å². The molecule has 0 spiro atoms. The molecule has 2 aromatic rings. The minimum Gasteiger partial charge on any atom is -0.465 e. The average Bonchev–Trinajstić information content (AvgIpc) is 2.69. The van der Waals surface area contributed by atoms with Crippen molar-refractivity contribution in [3.63, 3.8) is 0 Å². The van der Waals surface area contributed by atoms with Crippen molar-refractivity contribution in [2.75, 3.05) is 50.1 Å². The molecule has 6 heteroatoms. The number of anilines is 2. The topological polar surface area (TPSA) is 61.9 Å². The molecule has 0 atom stereocenters. The van der Waals surface area contributed by atoms with E-state index in [1.807, 2.05) is 6.07 Å². The number of hydrogen-bond donors (Lipinski definition) is 1. The first kappa shape index (κ1) is 18.9. The molecule has 142 valence electrons. The second kappa shape index (κ2) is 8.68. The van der Waals surface area contributed by atoms with Crippen LogP contribution in [0.4, 0.5) is 11.4 Å². The lowest BCUT2D eigenvalue weighted by molar-refractivity contribution is -0.117. The predicted octanol–water partition coefficient (Wildman–Crippen LogP) is 2.54. The van der Waals surface area contributed by atoms with Crippen molar-refractivity contribution in [2.24, 2.45) is 0 Å². The van der Waals surface area contributed by atoms with E-state index in [0.29, 0.717) is 17.8 Å². The van der Waals surface area contributed by atoms with Gasteiger partial charge in [0.1, 0.15) is 0 Å². The molecule has 0 saturated carbocycles. The minimum atomic E-state index is -0.460. The van der Waals surface area contributed by atoms with Gasteiger partial charge in [0.25, 0.3) is 0 Å². The van der Waals surface area contributed by atoms with Crippen LogP contribution >= 0.6 is 0 Å². The van der Waals surface area contributed by atoms with Gasteiger partial charge in [0.05, 0.1) is 24.9 Å². The summed E-state index contributed by atoms with van der Waals surface area (Å²) < 4.78 is 4.77. The summed E-state index contributed by atoms with van der Waals surface area (Å²) >= 11 is 0. The van der Waals surface area contributed by atoms with Crippen molar-refractivity contribution >= 4 is 23.3 Å². The molecule has 1 fully saturated rings. The average molecular weight is 367 g/mol. The summed E-state index contributed by atoms with van der Waals surface area (Å²) in [6.07, 6.45) is 0. The van der Waals surface area contributed by atoms with E-state index in [9.17, 15) is 9.59 Å². The molecule has 3 rings (SSSR count). The van der Waals surface area contributed by atoms with Crippen LogP contribution in [0.25, 0.3) is 0 Å². The zero-order valence-electron chi connectivity index (χ0n) is 15.8. The van der Waals surface area contributed by atoms with Crippen molar-refractivity contribution in [3.8, 4) is 0 Å². The third-order valence-electron chi connectivity index (χ3n) is 4.80. The molecule has 1 heterocycles. The Morgan fingerprint density at radius 1 is 1.00 bits per heavy atom. The Balaban J connectivity index is 1.55. The standard InChI is InChI=1S/C21H25N3O3/c1-16-7-3-6-10-19(16)24-13-11-23(12-14-24)15-20(25)22-18-9-5-4-8-17(18)21(26)27-2/h3-10H,11-15H2,1-2H3,(H,22,25). The van der Waals surface area contributed by atoms with Gasteiger partial charge in [-0.25, -0.2) is 4.79 Å². The normalized spacial score (nSPS) is 14.7. The van der Waals surface area contributed by atoms with Gasteiger partial charge in [0.2, 0.25) is 5.91 Å². The molecule has 1 amide bonds. The van der Waals surface area contributed by atoms with E-state index in [4.69, 9.17) is 4.74 Å². The highest BCUT2D eigenvalue weighted by atomic mass is 16.5.